The second kappa shape index (κ2) is 8.96. The molecule has 1 heterocycles. The summed E-state index contributed by atoms with van der Waals surface area (Å²) in [6.45, 7) is -3.73. The second-order valence-electron chi connectivity index (χ2n) is 5.81. The number of carbonyl (C=O) groups is 1. The molecule has 0 saturated heterocycles. The third-order valence-corrected chi connectivity index (χ3v) is 3.75. The van der Waals surface area contributed by atoms with E-state index < -0.39 is 24.8 Å². The molecule has 0 radical (unpaired) electrons. The van der Waals surface area contributed by atoms with Crippen LogP contribution >= 0.6 is 0 Å². The molecule has 3 aromatic rings. The van der Waals surface area contributed by atoms with Crippen molar-refractivity contribution >= 4 is 11.6 Å². The van der Waals surface area contributed by atoms with Gasteiger partial charge in [0.1, 0.15) is 23.9 Å². The van der Waals surface area contributed by atoms with Crippen molar-refractivity contribution in [2.24, 2.45) is 0 Å². The van der Waals surface area contributed by atoms with Gasteiger partial charge in [-0.3, -0.25) is 9.59 Å². The predicted octanol–water partition coefficient (Wildman–Crippen LogP) is 4.49. The Labute approximate surface area is 162 Å². The molecular formula is C20H15F3N2O4. The predicted molar refractivity (Wildman–Crippen MR) is 99.4 cm³/mol. The van der Waals surface area contributed by atoms with E-state index in [4.69, 9.17) is 4.74 Å². The number of alkyl halides is 3. The second-order valence-corrected chi connectivity index (χ2v) is 5.81. The van der Waals surface area contributed by atoms with E-state index in [1.54, 1.807) is 0 Å². The average Bonchev–Trinajstić information content (AvgIpc) is 2.69. The highest BCUT2D eigenvalue weighted by Crippen LogP contribution is 2.29. The van der Waals surface area contributed by atoms with Crippen molar-refractivity contribution in [2.75, 3.05) is 5.32 Å². The molecule has 0 aliphatic carbocycles. The molecule has 0 aliphatic heterocycles. The molecule has 9 heteroatoms. The minimum atomic E-state index is -2.96. The van der Waals surface area contributed by atoms with E-state index in [1.807, 2.05) is 0 Å². The maximum atomic E-state index is 13.1. The molecule has 1 amide bonds. The fourth-order valence-electron chi connectivity index (χ4n) is 2.46. The number of H-pyrrole nitrogens is 1. The van der Waals surface area contributed by atoms with Crippen LogP contribution in [0.3, 0.4) is 0 Å². The van der Waals surface area contributed by atoms with Crippen molar-refractivity contribution in [3.63, 3.8) is 0 Å². The maximum absolute atomic E-state index is 13.1. The number of aromatic nitrogens is 1. The summed E-state index contributed by atoms with van der Waals surface area (Å²) < 4.78 is 47.5. The standard InChI is InChI=1S/C20H15F3N2O4/c21-11-12-1-6-16(19(27)25-13-7-8-24-18(26)10-13)17(9-12)28-14-2-4-15(5-3-14)29-20(22)23/h1-10,20H,11H2,(H2,24,25,26,27). The molecule has 0 unspecified atom stereocenters. The van der Waals surface area contributed by atoms with Crippen LogP contribution in [-0.2, 0) is 6.67 Å². The van der Waals surface area contributed by atoms with Crippen LogP contribution in [0.5, 0.6) is 17.2 Å². The van der Waals surface area contributed by atoms with E-state index >= 15 is 0 Å². The first-order chi connectivity index (χ1) is 13.9. The van der Waals surface area contributed by atoms with E-state index in [2.05, 4.69) is 15.0 Å². The lowest BCUT2D eigenvalue weighted by molar-refractivity contribution is -0.0498. The van der Waals surface area contributed by atoms with Crippen molar-refractivity contribution in [2.45, 2.75) is 13.3 Å². The largest absolute Gasteiger partial charge is 0.457 e. The van der Waals surface area contributed by atoms with Crippen molar-refractivity contribution in [1.29, 1.82) is 0 Å². The van der Waals surface area contributed by atoms with Crippen LogP contribution in [0.15, 0.2) is 65.6 Å². The summed E-state index contributed by atoms with van der Waals surface area (Å²) in [5.41, 5.74) is 0.256. The fraction of sp³-hybridized carbons (Fsp3) is 0.100. The van der Waals surface area contributed by atoms with Gasteiger partial charge < -0.3 is 19.8 Å². The summed E-state index contributed by atoms with van der Waals surface area (Å²) in [5, 5.41) is 2.56. The number of hydrogen-bond acceptors (Lipinski definition) is 4. The van der Waals surface area contributed by atoms with Crippen molar-refractivity contribution in [3.05, 3.63) is 82.3 Å². The Hall–Kier alpha value is -3.75. The van der Waals surface area contributed by atoms with Crippen LogP contribution in [0.4, 0.5) is 18.9 Å². The zero-order valence-electron chi connectivity index (χ0n) is 14.8. The van der Waals surface area contributed by atoms with E-state index in [1.165, 1.54) is 60.8 Å². The van der Waals surface area contributed by atoms with Gasteiger partial charge in [-0.1, -0.05) is 6.07 Å². The molecule has 0 spiro atoms. The maximum Gasteiger partial charge on any atom is 0.387 e. The summed E-state index contributed by atoms with van der Waals surface area (Å²) in [5.74, 6) is -0.344. The minimum absolute atomic E-state index is 0.0582. The molecule has 0 atom stereocenters. The molecule has 150 valence electrons. The summed E-state index contributed by atoms with van der Waals surface area (Å²) in [6, 6.07) is 12.2. The number of carbonyl (C=O) groups excluding carboxylic acids is 1. The molecule has 29 heavy (non-hydrogen) atoms. The first-order valence-electron chi connectivity index (χ1n) is 8.36. The molecule has 2 aromatic carbocycles. The first-order valence-corrected chi connectivity index (χ1v) is 8.36. The lowest BCUT2D eigenvalue weighted by atomic mass is 10.1. The van der Waals surface area contributed by atoms with E-state index in [0.717, 1.165) is 0 Å². The van der Waals surface area contributed by atoms with Crippen molar-refractivity contribution in [1.82, 2.24) is 4.98 Å². The van der Waals surface area contributed by atoms with Gasteiger partial charge in [0.25, 0.3) is 5.91 Å². The quantitative estimate of drug-likeness (QED) is 0.608. The Bertz CT molecular complexity index is 1050. The summed E-state index contributed by atoms with van der Waals surface area (Å²) in [6.07, 6.45) is 1.38. The monoisotopic (exact) mass is 404 g/mol. The Morgan fingerprint density at radius 3 is 2.41 bits per heavy atom. The number of ether oxygens (including phenoxy) is 2. The number of nitrogens with one attached hydrogen (secondary N) is 2. The number of halogens is 3. The summed E-state index contributed by atoms with van der Waals surface area (Å²) >= 11 is 0. The molecule has 1 aromatic heterocycles. The number of hydrogen-bond donors (Lipinski definition) is 2. The van der Waals surface area contributed by atoms with Crippen LogP contribution in [0, 0.1) is 0 Å². The molecule has 0 saturated carbocycles. The van der Waals surface area contributed by atoms with Gasteiger partial charge in [0.05, 0.1) is 5.56 Å². The molecule has 6 nitrogen and oxygen atoms in total. The smallest absolute Gasteiger partial charge is 0.387 e. The van der Waals surface area contributed by atoms with Gasteiger partial charge in [0.2, 0.25) is 5.56 Å². The number of benzene rings is 2. The zero-order chi connectivity index (χ0) is 20.8. The van der Waals surface area contributed by atoms with Gasteiger partial charge in [-0.05, 0) is 48.0 Å². The normalized spacial score (nSPS) is 10.6. The molecule has 0 aliphatic rings. The topological polar surface area (TPSA) is 80.4 Å². The molecule has 3 rings (SSSR count). The van der Waals surface area contributed by atoms with Gasteiger partial charge in [-0.2, -0.15) is 8.78 Å². The van der Waals surface area contributed by atoms with Crippen LogP contribution in [-0.4, -0.2) is 17.5 Å². The summed E-state index contributed by atoms with van der Waals surface area (Å²) in [7, 11) is 0. The highest BCUT2D eigenvalue weighted by atomic mass is 19.3. The fourth-order valence-corrected chi connectivity index (χ4v) is 2.46. The Morgan fingerprint density at radius 1 is 1.03 bits per heavy atom. The minimum Gasteiger partial charge on any atom is -0.457 e. The number of pyridine rings is 1. The van der Waals surface area contributed by atoms with Gasteiger partial charge in [-0.15, -0.1) is 0 Å². The van der Waals surface area contributed by atoms with E-state index in [0.29, 0.717) is 0 Å². The molecule has 0 bridgehead atoms. The van der Waals surface area contributed by atoms with Crippen LogP contribution in [0.1, 0.15) is 15.9 Å². The van der Waals surface area contributed by atoms with E-state index in [9.17, 15) is 22.8 Å². The Kier molecular flexibility index (Phi) is 6.18. The van der Waals surface area contributed by atoms with Gasteiger partial charge in [-0.25, -0.2) is 4.39 Å². The van der Waals surface area contributed by atoms with Crippen LogP contribution < -0.4 is 20.3 Å². The number of rotatable bonds is 7. The van der Waals surface area contributed by atoms with Crippen molar-refractivity contribution in [3.8, 4) is 17.2 Å². The Balaban J connectivity index is 1.85. The third kappa shape index (κ3) is 5.38. The zero-order valence-corrected chi connectivity index (χ0v) is 14.8. The van der Waals surface area contributed by atoms with Gasteiger partial charge >= 0.3 is 6.61 Å². The lowest BCUT2D eigenvalue weighted by Gasteiger charge is -2.13. The third-order valence-electron chi connectivity index (χ3n) is 3.75. The first kappa shape index (κ1) is 20.0. The van der Waals surface area contributed by atoms with Crippen LogP contribution in [0.25, 0.3) is 0 Å². The lowest BCUT2D eigenvalue weighted by Crippen LogP contribution is -2.15. The van der Waals surface area contributed by atoms with Gasteiger partial charge in [0.15, 0.2) is 0 Å². The Morgan fingerprint density at radius 2 is 1.76 bits per heavy atom. The molecule has 0 fully saturated rings. The van der Waals surface area contributed by atoms with E-state index in [-0.39, 0.29) is 34.1 Å². The number of aromatic amines is 1. The number of anilines is 1. The molecule has 2 N–H and O–H groups in total. The van der Waals surface area contributed by atoms with Crippen LogP contribution in [0.2, 0.25) is 0 Å². The highest BCUT2D eigenvalue weighted by Gasteiger charge is 2.15. The highest BCUT2D eigenvalue weighted by molar-refractivity contribution is 6.06. The van der Waals surface area contributed by atoms with Gasteiger partial charge in [0, 0.05) is 18.0 Å². The van der Waals surface area contributed by atoms with Crippen molar-refractivity contribution < 1.29 is 27.4 Å². The summed E-state index contributed by atoms with van der Waals surface area (Å²) in [4.78, 5) is 26.4. The average molecular weight is 404 g/mol. The number of amides is 1. The molecular weight excluding hydrogens is 389 g/mol. The SMILES string of the molecule is O=C(Nc1cc[nH]c(=O)c1)c1ccc(CF)cc1Oc1ccc(OC(F)F)cc1.